The lowest BCUT2D eigenvalue weighted by Gasteiger charge is -2.15. The minimum absolute atomic E-state index is 0.0344. The van der Waals surface area contributed by atoms with E-state index >= 15 is 0 Å². The predicted molar refractivity (Wildman–Crippen MR) is 97.2 cm³/mol. The zero-order valence-corrected chi connectivity index (χ0v) is 14.3. The van der Waals surface area contributed by atoms with Crippen LogP contribution in [0.5, 0.6) is 0 Å². The lowest BCUT2D eigenvalue weighted by atomic mass is 10.2. The van der Waals surface area contributed by atoms with E-state index in [4.69, 9.17) is 0 Å². The molecule has 1 aromatic heterocycles. The van der Waals surface area contributed by atoms with Crippen molar-refractivity contribution in [3.8, 4) is 0 Å². The van der Waals surface area contributed by atoms with Gasteiger partial charge in [0.05, 0.1) is 12.6 Å². The van der Waals surface area contributed by atoms with Gasteiger partial charge in [0.1, 0.15) is 0 Å². The second-order valence-corrected chi connectivity index (χ2v) is 5.50. The Morgan fingerprint density at radius 1 is 0.958 bits per heavy atom. The van der Waals surface area contributed by atoms with Crippen molar-refractivity contribution in [2.45, 2.75) is 39.3 Å². The molecule has 0 saturated carbocycles. The molecule has 0 spiro atoms. The topological polar surface area (TPSA) is 95.0 Å². The molecular formula is C17H26N6O. The van der Waals surface area contributed by atoms with Crippen molar-refractivity contribution in [2.24, 2.45) is 0 Å². The fourth-order valence-electron chi connectivity index (χ4n) is 2.07. The van der Waals surface area contributed by atoms with Crippen molar-refractivity contribution < 1.29 is 5.11 Å². The summed E-state index contributed by atoms with van der Waals surface area (Å²) < 4.78 is 0. The highest BCUT2D eigenvalue weighted by Gasteiger charge is 2.10. The Bertz CT molecular complexity index is 603. The van der Waals surface area contributed by atoms with Gasteiger partial charge in [-0.3, -0.25) is 0 Å². The van der Waals surface area contributed by atoms with Crippen LogP contribution in [0.4, 0.5) is 17.8 Å². The molecule has 1 atom stereocenters. The fourth-order valence-corrected chi connectivity index (χ4v) is 2.07. The largest absolute Gasteiger partial charge is 0.394 e. The molecule has 2 rings (SSSR count). The Kier molecular flexibility index (Phi) is 7.22. The molecule has 0 aliphatic heterocycles. The SMILES string of the molecule is CCCNc1nc(NCc2ccccc2)nc(N[C@H](CC)CO)n1. The first-order valence-electron chi connectivity index (χ1n) is 8.40. The molecule has 0 unspecified atom stereocenters. The molecule has 1 aromatic carbocycles. The summed E-state index contributed by atoms with van der Waals surface area (Å²) in [6.07, 6.45) is 1.77. The normalized spacial score (nSPS) is 11.8. The van der Waals surface area contributed by atoms with Crippen molar-refractivity contribution in [3.05, 3.63) is 35.9 Å². The van der Waals surface area contributed by atoms with Crippen LogP contribution in [0.25, 0.3) is 0 Å². The van der Waals surface area contributed by atoms with Crippen LogP contribution in [-0.2, 0) is 6.54 Å². The number of aliphatic hydroxyl groups excluding tert-OH is 1. The number of hydrogen-bond donors (Lipinski definition) is 4. The second-order valence-electron chi connectivity index (χ2n) is 5.50. The van der Waals surface area contributed by atoms with Gasteiger partial charge >= 0.3 is 0 Å². The third-order valence-electron chi connectivity index (χ3n) is 3.51. The average Bonchev–Trinajstić information content (AvgIpc) is 2.63. The minimum Gasteiger partial charge on any atom is -0.394 e. The summed E-state index contributed by atoms with van der Waals surface area (Å²) in [6.45, 7) is 5.54. The molecule has 2 aromatic rings. The van der Waals surface area contributed by atoms with Gasteiger partial charge in [-0.05, 0) is 18.4 Å². The van der Waals surface area contributed by atoms with Gasteiger partial charge in [0, 0.05) is 13.1 Å². The smallest absolute Gasteiger partial charge is 0.229 e. The number of nitrogens with zero attached hydrogens (tertiary/aromatic N) is 3. The summed E-state index contributed by atoms with van der Waals surface area (Å²) in [5.74, 6) is 1.49. The van der Waals surface area contributed by atoms with E-state index in [0.29, 0.717) is 24.4 Å². The van der Waals surface area contributed by atoms with Gasteiger partial charge in [-0.15, -0.1) is 0 Å². The number of rotatable bonds is 10. The summed E-state index contributed by atoms with van der Waals surface area (Å²) in [4.78, 5) is 13.2. The summed E-state index contributed by atoms with van der Waals surface area (Å²) in [5, 5.41) is 18.9. The standard InChI is InChI=1S/C17H26N6O/c1-3-10-18-15-21-16(19-11-13-8-6-5-7-9-13)23-17(22-15)20-14(4-2)12-24/h5-9,14,24H,3-4,10-12H2,1-2H3,(H3,18,19,20,21,22,23)/t14-/m1/s1. The number of aliphatic hydroxyl groups is 1. The number of anilines is 3. The van der Waals surface area contributed by atoms with Crippen molar-refractivity contribution >= 4 is 17.8 Å². The van der Waals surface area contributed by atoms with Crippen molar-refractivity contribution in [1.29, 1.82) is 0 Å². The van der Waals surface area contributed by atoms with Crippen LogP contribution in [-0.4, -0.2) is 39.3 Å². The van der Waals surface area contributed by atoms with Crippen LogP contribution in [0, 0.1) is 0 Å². The van der Waals surface area contributed by atoms with E-state index in [1.54, 1.807) is 0 Å². The van der Waals surface area contributed by atoms with Crippen LogP contribution in [0.3, 0.4) is 0 Å². The molecule has 0 bridgehead atoms. The zero-order valence-electron chi connectivity index (χ0n) is 14.3. The van der Waals surface area contributed by atoms with E-state index in [9.17, 15) is 5.11 Å². The third-order valence-corrected chi connectivity index (χ3v) is 3.51. The lowest BCUT2D eigenvalue weighted by molar-refractivity contribution is 0.271. The Labute approximate surface area is 143 Å². The Balaban J connectivity index is 2.12. The molecule has 0 saturated heterocycles. The van der Waals surface area contributed by atoms with Crippen molar-refractivity contribution in [1.82, 2.24) is 15.0 Å². The summed E-state index contributed by atoms with van der Waals surface area (Å²) in [5.41, 5.74) is 1.15. The molecule has 0 aliphatic carbocycles. The third kappa shape index (κ3) is 5.66. The van der Waals surface area contributed by atoms with Gasteiger partial charge in [0.25, 0.3) is 0 Å². The average molecular weight is 330 g/mol. The number of benzene rings is 1. The predicted octanol–water partition coefficient (Wildman–Crippen LogP) is 2.49. The first kappa shape index (κ1) is 17.9. The minimum atomic E-state index is -0.0756. The van der Waals surface area contributed by atoms with Gasteiger partial charge in [0.2, 0.25) is 17.8 Å². The lowest BCUT2D eigenvalue weighted by Crippen LogP contribution is -2.24. The highest BCUT2D eigenvalue weighted by molar-refractivity contribution is 5.43. The molecule has 0 amide bonds. The highest BCUT2D eigenvalue weighted by Crippen LogP contribution is 2.12. The molecule has 7 heteroatoms. The quantitative estimate of drug-likeness (QED) is 0.531. The van der Waals surface area contributed by atoms with E-state index in [0.717, 1.165) is 24.9 Å². The van der Waals surface area contributed by atoms with Crippen LogP contribution >= 0.6 is 0 Å². The number of nitrogens with one attached hydrogen (secondary N) is 3. The van der Waals surface area contributed by atoms with Gasteiger partial charge < -0.3 is 21.1 Å². The maximum atomic E-state index is 9.35. The van der Waals surface area contributed by atoms with Crippen molar-refractivity contribution in [2.75, 3.05) is 29.1 Å². The highest BCUT2D eigenvalue weighted by atomic mass is 16.3. The molecule has 4 N–H and O–H groups in total. The van der Waals surface area contributed by atoms with E-state index < -0.39 is 0 Å². The first-order valence-corrected chi connectivity index (χ1v) is 8.40. The molecule has 0 radical (unpaired) electrons. The molecule has 24 heavy (non-hydrogen) atoms. The van der Waals surface area contributed by atoms with Crippen LogP contribution in [0.15, 0.2) is 30.3 Å². The first-order chi connectivity index (χ1) is 11.7. The molecule has 0 fully saturated rings. The Hall–Kier alpha value is -2.41. The van der Waals surface area contributed by atoms with Gasteiger partial charge in [-0.25, -0.2) is 0 Å². The second kappa shape index (κ2) is 9.67. The van der Waals surface area contributed by atoms with Gasteiger partial charge in [-0.1, -0.05) is 44.2 Å². The Morgan fingerprint density at radius 3 is 2.25 bits per heavy atom. The van der Waals surface area contributed by atoms with Gasteiger partial charge in [-0.2, -0.15) is 15.0 Å². The molecule has 7 nitrogen and oxygen atoms in total. The fraction of sp³-hybridized carbons (Fsp3) is 0.471. The maximum Gasteiger partial charge on any atom is 0.229 e. The van der Waals surface area contributed by atoms with Crippen molar-refractivity contribution in [3.63, 3.8) is 0 Å². The van der Waals surface area contributed by atoms with E-state index in [1.807, 2.05) is 37.3 Å². The zero-order chi connectivity index (χ0) is 17.2. The van der Waals surface area contributed by atoms with Crippen LogP contribution < -0.4 is 16.0 Å². The monoisotopic (exact) mass is 330 g/mol. The Morgan fingerprint density at radius 2 is 1.62 bits per heavy atom. The summed E-state index contributed by atoms with van der Waals surface area (Å²) in [6, 6.07) is 10.00. The number of aromatic nitrogens is 3. The van der Waals surface area contributed by atoms with Crippen LogP contribution in [0.1, 0.15) is 32.3 Å². The summed E-state index contributed by atoms with van der Waals surface area (Å²) >= 11 is 0. The van der Waals surface area contributed by atoms with Gasteiger partial charge in [0.15, 0.2) is 0 Å². The number of hydrogen-bond acceptors (Lipinski definition) is 7. The van der Waals surface area contributed by atoms with E-state index in [1.165, 1.54) is 0 Å². The maximum absolute atomic E-state index is 9.35. The molecular weight excluding hydrogens is 304 g/mol. The molecule has 130 valence electrons. The van der Waals surface area contributed by atoms with Crippen LogP contribution in [0.2, 0.25) is 0 Å². The van der Waals surface area contributed by atoms with E-state index in [2.05, 4.69) is 37.8 Å². The molecule has 0 aliphatic rings. The van der Waals surface area contributed by atoms with E-state index in [-0.39, 0.29) is 12.6 Å². The summed E-state index contributed by atoms with van der Waals surface area (Å²) in [7, 11) is 0. The molecule has 1 heterocycles.